The average Bonchev–Trinajstić information content (AvgIpc) is 3.21. The summed E-state index contributed by atoms with van der Waals surface area (Å²) in [5.74, 6) is -3.47. The van der Waals surface area contributed by atoms with E-state index < -0.39 is 46.8 Å². The molecule has 11 heteroatoms. The average molecular weight is 558 g/mol. The van der Waals surface area contributed by atoms with E-state index >= 15 is 0 Å². The van der Waals surface area contributed by atoms with E-state index in [-0.39, 0.29) is 33.5 Å². The minimum Gasteiger partial charge on any atom is -0.355 e. The molecule has 0 saturated carbocycles. The van der Waals surface area contributed by atoms with Crippen LogP contribution in [-0.2, 0) is 6.18 Å². The highest BCUT2D eigenvalue weighted by molar-refractivity contribution is 6.31. The maximum Gasteiger partial charge on any atom is 0.416 e. The van der Waals surface area contributed by atoms with Gasteiger partial charge in [-0.25, -0.2) is 8.78 Å². The minimum atomic E-state index is -4.88. The smallest absolute Gasteiger partial charge is 0.355 e. The molecule has 1 heterocycles. The number of alkyl halides is 3. The van der Waals surface area contributed by atoms with Gasteiger partial charge in [0.1, 0.15) is 11.6 Å². The summed E-state index contributed by atoms with van der Waals surface area (Å²) < 4.78 is 67.8. The quantitative estimate of drug-likeness (QED) is 0.223. The molecule has 0 fully saturated rings. The van der Waals surface area contributed by atoms with Crippen LogP contribution in [0.1, 0.15) is 43.4 Å². The van der Waals surface area contributed by atoms with Crippen molar-refractivity contribution < 1.29 is 31.5 Å². The van der Waals surface area contributed by atoms with Crippen LogP contribution in [0, 0.1) is 11.6 Å². The topological polar surface area (TPSA) is 70.2 Å². The predicted octanol–water partition coefficient (Wildman–Crippen LogP) is 7.47. The van der Waals surface area contributed by atoms with Crippen molar-refractivity contribution in [3.63, 3.8) is 0 Å². The number of benzene rings is 4. The van der Waals surface area contributed by atoms with Crippen molar-refractivity contribution in [1.29, 1.82) is 0 Å². The zero-order valence-electron chi connectivity index (χ0n) is 19.7. The third-order valence-corrected chi connectivity index (χ3v) is 6.40. The zero-order chi connectivity index (χ0) is 27.9. The summed E-state index contributed by atoms with van der Waals surface area (Å²) in [4.78, 5) is 26.1. The number of carbonyl (C=O) groups excluding carboxylic acids is 2. The molecule has 0 spiro atoms. The number of anilines is 3. The Kier molecular flexibility index (Phi) is 6.73. The van der Waals surface area contributed by atoms with Crippen LogP contribution >= 0.6 is 11.6 Å². The summed E-state index contributed by atoms with van der Waals surface area (Å²) in [6.07, 6.45) is -4.88. The van der Waals surface area contributed by atoms with Crippen LogP contribution in [-0.4, -0.2) is 11.8 Å². The predicted molar refractivity (Wildman–Crippen MR) is 136 cm³/mol. The molecule has 2 amide bonds. The Balaban J connectivity index is 1.62. The number of carbonyl (C=O) groups is 2. The summed E-state index contributed by atoms with van der Waals surface area (Å²) in [6.45, 7) is 0. The lowest BCUT2D eigenvalue weighted by molar-refractivity contribution is -0.137. The lowest BCUT2D eigenvalue weighted by atomic mass is 9.95. The van der Waals surface area contributed by atoms with Gasteiger partial charge >= 0.3 is 6.18 Å². The molecule has 0 radical (unpaired) electrons. The highest BCUT2D eigenvalue weighted by Gasteiger charge is 2.36. The Morgan fingerprint density at radius 1 is 0.872 bits per heavy atom. The van der Waals surface area contributed by atoms with E-state index in [0.29, 0.717) is 23.5 Å². The van der Waals surface area contributed by atoms with Crippen LogP contribution in [0.3, 0.4) is 0 Å². The molecule has 0 aliphatic carbocycles. The van der Waals surface area contributed by atoms with Gasteiger partial charge in [-0.3, -0.25) is 9.59 Å². The number of hydrogen-bond donors (Lipinski definition) is 3. The van der Waals surface area contributed by atoms with Gasteiger partial charge in [-0.2, -0.15) is 13.2 Å². The lowest BCUT2D eigenvalue weighted by Gasteiger charge is -2.19. The number of rotatable bonds is 5. The fourth-order valence-corrected chi connectivity index (χ4v) is 4.57. The molecule has 1 unspecified atom stereocenters. The molecule has 1 aliphatic rings. The second kappa shape index (κ2) is 10.0. The third kappa shape index (κ3) is 5.42. The standard InChI is InChI=1S/C28H17ClF5N3O2/c29-22-7-6-16(30)11-20(22)25-24-21(27(39)37-25)12-19(35-18-4-2-1-3-5-18)13-23(24)36-26(38)14-8-15(28(32,33)34)10-17(31)9-14/h1-13,25,35H,(H,36,38)(H,37,39). The first-order chi connectivity index (χ1) is 18.5. The fourth-order valence-electron chi connectivity index (χ4n) is 4.34. The number of amides is 2. The molecule has 1 aliphatic heterocycles. The summed E-state index contributed by atoms with van der Waals surface area (Å²) in [6, 6.07) is 15.9. The summed E-state index contributed by atoms with van der Waals surface area (Å²) in [7, 11) is 0. The SMILES string of the molecule is O=C(Nc1cc(Nc2ccccc2)cc2c1C(c1cc(F)ccc1Cl)NC2=O)c1cc(F)cc(C(F)(F)F)c1. The van der Waals surface area contributed by atoms with Gasteiger partial charge in [-0.15, -0.1) is 0 Å². The summed E-state index contributed by atoms with van der Waals surface area (Å²) in [5.41, 5.74) is -0.345. The van der Waals surface area contributed by atoms with Crippen LogP contribution in [0.15, 0.2) is 78.9 Å². The number of para-hydroxylation sites is 1. The minimum absolute atomic E-state index is 0.0254. The molecule has 4 aromatic carbocycles. The maximum atomic E-state index is 14.1. The van der Waals surface area contributed by atoms with E-state index in [0.717, 1.165) is 12.1 Å². The molecule has 0 bridgehead atoms. The molecule has 39 heavy (non-hydrogen) atoms. The van der Waals surface area contributed by atoms with Crippen molar-refractivity contribution in [2.24, 2.45) is 0 Å². The molecule has 5 rings (SSSR count). The first kappa shape index (κ1) is 26.2. The van der Waals surface area contributed by atoms with E-state index in [2.05, 4.69) is 16.0 Å². The van der Waals surface area contributed by atoms with Gasteiger partial charge < -0.3 is 16.0 Å². The molecule has 0 saturated heterocycles. The van der Waals surface area contributed by atoms with Gasteiger partial charge in [-0.1, -0.05) is 29.8 Å². The Labute approximate surface area is 223 Å². The van der Waals surface area contributed by atoms with E-state index in [1.165, 1.54) is 18.2 Å². The first-order valence-corrected chi connectivity index (χ1v) is 11.8. The monoisotopic (exact) mass is 557 g/mol. The van der Waals surface area contributed by atoms with Gasteiger partial charge in [0, 0.05) is 44.3 Å². The van der Waals surface area contributed by atoms with Crippen molar-refractivity contribution in [2.45, 2.75) is 12.2 Å². The van der Waals surface area contributed by atoms with Gasteiger partial charge in [0.2, 0.25) is 0 Å². The van der Waals surface area contributed by atoms with Crippen LogP contribution in [0.4, 0.5) is 39.0 Å². The highest BCUT2D eigenvalue weighted by Crippen LogP contribution is 2.41. The van der Waals surface area contributed by atoms with Gasteiger partial charge in [0.15, 0.2) is 0 Å². The third-order valence-electron chi connectivity index (χ3n) is 6.06. The number of hydrogen-bond acceptors (Lipinski definition) is 3. The molecule has 198 valence electrons. The summed E-state index contributed by atoms with van der Waals surface area (Å²) >= 11 is 6.29. The first-order valence-electron chi connectivity index (χ1n) is 11.4. The van der Waals surface area contributed by atoms with Crippen molar-refractivity contribution in [3.8, 4) is 0 Å². The van der Waals surface area contributed by atoms with Gasteiger partial charge in [-0.05, 0) is 60.7 Å². The van der Waals surface area contributed by atoms with Crippen molar-refractivity contribution in [3.05, 3.63) is 123 Å². The fraction of sp³-hybridized carbons (Fsp3) is 0.0714. The second-order valence-electron chi connectivity index (χ2n) is 8.73. The van der Waals surface area contributed by atoms with Gasteiger partial charge in [0.25, 0.3) is 11.8 Å². The van der Waals surface area contributed by atoms with E-state index in [4.69, 9.17) is 11.6 Å². The van der Waals surface area contributed by atoms with Crippen molar-refractivity contribution in [2.75, 3.05) is 10.6 Å². The van der Waals surface area contributed by atoms with Crippen LogP contribution < -0.4 is 16.0 Å². The molecular weight excluding hydrogens is 541 g/mol. The zero-order valence-corrected chi connectivity index (χ0v) is 20.4. The summed E-state index contributed by atoms with van der Waals surface area (Å²) in [5, 5.41) is 8.44. The maximum absolute atomic E-state index is 14.1. The highest BCUT2D eigenvalue weighted by atomic mass is 35.5. The van der Waals surface area contributed by atoms with Crippen molar-refractivity contribution >= 4 is 40.5 Å². The molecule has 4 aromatic rings. The largest absolute Gasteiger partial charge is 0.416 e. The van der Waals surface area contributed by atoms with E-state index in [9.17, 15) is 31.5 Å². The number of halogens is 6. The second-order valence-corrected chi connectivity index (χ2v) is 9.14. The molecule has 5 nitrogen and oxygen atoms in total. The number of nitrogens with one attached hydrogen (secondary N) is 3. The Morgan fingerprint density at radius 3 is 2.33 bits per heavy atom. The molecule has 0 aromatic heterocycles. The molecule has 1 atom stereocenters. The van der Waals surface area contributed by atoms with Crippen LogP contribution in [0.2, 0.25) is 5.02 Å². The molecular formula is C28H17ClF5N3O2. The Hall–Kier alpha value is -4.44. The van der Waals surface area contributed by atoms with Crippen molar-refractivity contribution in [1.82, 2.24) is 5.32 Å². The Bertz CT molecular complexity index is 1610. The Morgan fingerprint density at radius 2 is 1.62 bits per heavy atom. The van der Waals surface area contributed by atoms with Gasteiger partial charge in [0.05, 0.1) is 11.6 Å². The normalized spacial score (nSPS) is 14.5. The number of fused-ring (bicyclic) bond motifs is 1. The van der Waals surface area contributed by atoms with E-state index in [1.54, 1.807) is 30.3 Å². The van der Waals surface area contributed by atoms with Crippen LogP contribution in [0.5, 0.6) is 0 Å². The molecule has 3 N–H and O–H groups in total. The van der Waals surface area contributed by atoms with E-state index in [1.807, 2.05) is 0 Å². The lowest BCUT2D eigenvalue weighted by Crippen LogP contribution is -2.21. The van der Waals surface area contributed by atoms with Crippen LogP contribution in [0.25, 0.3) is 0 Å².